The minimum absolute atomic E-state index is 0.593. The number of hydrogen-bond acceptors (Lipinski definition) is 2. The van der Waals surface area contributed by atoms with Crippen LogP contribution in [-0.2, 0) is 6.42 Å². The summed E-state index contributed by atoms with van der Waals surface area (Å²) in [5, 5.41) is 0.593. The molecule has 2 aromatic carbocycles. The Hall–Kier alpha value is -0.930. The zero-order valence-corrected chi connectivity index (χ0v) is 14.2. The van der Waals surface area contributed by atoms with Crippen molar-refractivity contribution in [2.45, 2.75) is 29.9 Å². The van der Waals surface area contributed by atoms with E-state index in [1.54, 1.807) is 7.11 Å². The second-order valence-corrected chi connectivity index (χ2v) is 7.12. The highest BCUT2D eigenvalue weighted by Crippen LogP contribution is 2.32. The first-order valence-corrected chi connectivity index (χ1v) is 8.40. The second-order valence-electron chi connectivity index (χ2n) is 4.75. The fourth-order valence-electron chi connectivity index (χ4n) is 2.03. The highest BCUT2D eigenvalue weighted by molar-refractivity contribution is 9.10. The van der Waals surface area contributed by atoms with E-state index in [1.165, 1.54) is 16.9 Å². The van der Waals surface area contributed by atoms with Crippen LogP contribution in [0.2, 0.25) is 0 Å². The predicted octanol–water partition coefficient (Wildman–Crippen LogP) is 5.57. The Balaban J connectivity index is 1.88. The number of ether oxygens (including phenoxy) is 1. The summed E-state index contributed by atoms with van der Waals surface area (Å²) < 4.78 is 6.27. The number of hydrogen-bond donors (Lipinski definition) is 0. The third-order valence-corrected chi connectivity index (χ3v) is 4.93. The Morgan fingerprint density at radius 1 is 1.15 bits per heavy atom. The first-order chi connectivity index (χ1) is 9.69. The molecular formula is C17H19BrOS. The molecule has 20 heavy (non-hydrogen) atoms. The first-order valence-electron chi connectivity index (χ1n) is 6.73. The van der Waals surface area contributed by atoms with Gasteiger partial charge in [-0.15, -0.1) is 11.8 Å². The average molecular weight is 351 g/mol. The number of halogens is 1. The van der Waals surface area contributed by atoms with Crippen LogP contribution in [0.3, 0.4) is 0 Å². The van der Waals surface area contributed by atoms with Crippen LogP contribution in [0.25, 0.3) is 0 Å². The average Bonchev–Trinajstić information content (AvgIpc) is 2.46. The van der Waals surface area contributed by atoms with E-state index in [4.69, 9.17) is 4.74 Å². The van der Waals surface area contributed by atoms with Gasteiger partial charge < -0.3 is 4.74 Å². The van der Waals surface area contributed by atoms with Crippen LogP contribution < -0.4 is 4.74 Å². The molecule has 0 fully saturated rings. The molecule has 0 spiro atoms. The highest BCUT2D eigenvalue weighted by atomic mass is 79.9. The van der Waals surface area contributed by atoms with Gasteiger partial charge in [-0.25, -0.2) is 0 Å². The van der Waals surface area contributed by atoms with Gasteiger partial charge in [0.1, 0.15) is 5.75 Å². The molecule has 2 rings (SSSR count). The highest BCUT2D eigenvalue weighted by Gasteiger charge is 2.07. The molecule has 0 heterocycles. The standard InChI is InChI=1S/C17H19BrOS/c1-13(8-9-14-6-4-3-5-7-14)20-15-10-11-17(19-2)16(18)12-15/h3-7,10-13H,8-9H2,1-2H3. The van der Waals surface area contributed by atoms with Crippen molar-refractivity contribution in [1.29, 1.82) is 0 Å². The Bertz CT molecular complexity index is 542. The lowest BCUT2D eigenvalue weighted by Crippen LogP contribution is -1.98. The molecule has 3 heteroatoms. The van der Waals surface area contributed by atoms with Gasteiger partial charge >= 0.3 is 0 Å². The molecule has 0 N–H and O–H groups in total. The van der Waals surface area contributed by atoms with Crippen molar-refractivity contribution in [2.75, 3.05) is 7.11 Å². The Labute approximate surface area is 133 Å². The molecule has 2 aromatic rings. The van der Waals surface area contributed by atoms with Crippen molar-refractivity contribution in [3.05, 3.63) is 58.6 Å². The van der Waals surface area contributed by atoms with E-state index >= 15 is 0 Å². The second kappa shape index (κ2) is 7.75. The van der Waals surface area contributed by atoms with Crippen molar-refractivity contribution < 1.29 is 4.74 Å². The summed E-state index contributed by atoms with van der Waals surface area (Å²) in [5.41, 5.74) is 1.41. The third-order valence-electron chi connectivity index (χ3n) is 3.14. The van der Waals surface area contributed by atoms with E-state index in [9.17, 15) is 0 Å². The van der Waals surface area contributed by atoms with Crippen LogP contribution in [0, 0.1) is 0 Å². The number of methoxy groups -OCH3 is 1. The molecule has 0 saturated carbocycles. The quantitative estimate of drug-likeness (QED) is 0.629. The largest absolute Gasteiger partial charge is 0.496 e. The zero-order valence-electron chi connectivity index (χ0n) is 11.8. The lowest BCUT2D eigenvalue weighted by molar-refractivity contribution is 0.412. The van der Waals surface area contributed by atoms with Crippen molar-refractivity contribution in [1.82, 2.24) is 0 Å². The maximum Gasteiger partial charge on any atom is 0.133 e. The van der Waals surface area contributed by atoms with E-state index in [0.29, 0.717) is 5.25 Å². The van der Waals surface area contributed by atoms with Crippen LogP contribution in [0.5, 0.6) is 5.75 Å². The van der Waals surface area contributed by atoms with Crippen LogP contribution >= 0.6 is 27.7 Å². The zero-order chi connectivity index (χ0) is 14.4. The summed E-state index contributed by atoms with van der Waals surface area (Å²) in [7, 11) is 1.69. The summed E-state index contributed by atoms with van der Waals surface area (Å²) >= 11 is 5.45. The molecule has 0 saturated heterocycles. The van der Waals surface area contributed by atoms with Gasteiger partial charge in [0, 0.05) is 10.1 Å². The topological polar surface area (TPSA) is 9.23 Å². The first kappa shape index (κ1) is 15.5. The van der Waals surface area contributed by atoms with E-state index < -0.39 is 0 Å². The monoisotopic (exact) mass is 350 g/mol. The minimum atomic E-state index is 0.593. The van der Waals surface area contributed by atoms with E-state index in [2.05, 4.69) is 65.3 Å². The molecule has 0 bridgehead atoms. The molecule has 0 aliphatic rings. The predicted molar refractivity (Wildman–Crippen MR) is 90.8 cm³/mol. The molecular weight excluding hydrogens is 332 g/mol. The van der Waals surface area contributed by atoms with Crippen molar-refractivity contribution in [3.8, 4) is 5.75 Å². The van der Waals surface area contributed by atoms with Crippen LogP contribution in [-0.4, -0.2) is 12.4 Å². The maximum atomic E-state index is 5.25. The SMILES string of the molecule is COc1ccc(SC(C)CCc2ccccc2)cc1Br. The summed E-state index contributed by atoms with van der Waals surface area (Å²) in [4.78, 5) is 1.28. The number of rotatable bonds is 6. The molecule has 0 aliphatic heterocycles. The summed E-state index contributed by atoms with van der Waals surface area (Å²) in [6.45, 7) is 2.28. The van der Waals surface area contributed by atoms with Crippen LogP contribution in [0.15, 0.2) is 57.9 Å². The molecule has 1 nitrogen and oxygen atoms in total. The van der Waals surface area contributed by atoms with Gasteiger partial charge in [-0.05, 0) is 52.5 Å². The third kappa shape index (κ3) is 4.57. The van der Waals surface area contributed by atoms with Gasteiger partial charge in [-0.2, -0.15) is 0 Å². The lowest BCUT2D eigenvalue weighted by atomic mass is 10.1. The molecule has 1 atom stereocenters. The van der Waals surface area contributed by atoms with Gasteiger partial charge in [0.25, 0.3) is 0 Å². The molecule has 106 valence electrons. The fraction of sp³-hybridized carbons (Fsp3) is 0.294. The smallest absolute Gasteiger partial charge is 0.133 e. The van der Waals surface area contributed by atoms with Gasteiger partial charge in [0.2, 0.25) is 0 Å². The minimum Gasteiger partial charge on any atom is -0.496 e. The van der Waals surface area contributed by atoms with Gasteiger partial charge in [-0.3, -0.25) is 0 Å². The van der Waals surface area contributed by atoms with E-state index in [0.717, 1.165) is 16.6 Å². The Morgan fingerprint density at radius 3 is 2.55 bits per heavy atom. The normalized spacial score (nSPS) is 12.2. The summed E-state index contributed by atoms with van der Waals surface area (Å²) in [6, 6.07) is 16.9. The number of aryl methyl sites for hydroxylation is 1. The lowest BCUT2D eigenvalue weighted by Gasteiger charge is -2.12. The van der Waals surface area contributed by atoms with Crippen molar-refractivity contribution in [3.63, 3.8) is 0 Å². The number of benzene rings is 2. The maximum absolute atomic E-state index is 5.25. The molecule has 0 amide bonds. The van der Waals surface area contributed by atoms with Gasteiger partial charge in [-0.1, -0.05) is 37.3 Å². The van der Waals surface area contributed by atoms with E-state index in [-0.39, 0.29) is 0 Å². The summed E-state index contributed by atoms with van der Waals surface area (Å²) in [5.74, 6) is 0.881. The van der Waals surface area contributed by atoms with Gasteiger partial charge in [0.15, 0.2) is 0 Å². The summed E-state index contributed by atoms with van der Waals surface area (Å²) in [6.07, 6.45) is 2.31. The Kier molecular flexibility index (Phi) is 5.99. The number of thioether (sulfide) groups is 1. The molecule has 0 radical (unpaired) electrons. The van der Waals surface area contributed by atoms with Crippen LogP contribution in [0.1, 0.15) is 18.9 Å². The van der Waals surface area contributed by atoms with E-state index in [1.807, 2.05) is 17.8 Å². The van der Waals surface area contributed by atoms with Crippen LogP contribution in [0.4, 0.5) is 0 Å². The molecule has 1 unspecified atom stereocenters. The Morgan fingerprint density at radius 2 is 1.90 bits per heavy atom. The van der Waals surface area contributed by atoms with Gasteiger partial charge in [0.05, 0.1) is 11.6 Å². The fourth-order valence-corrected chi connectivity index (χ4v) is 3.75. The molecule has 0 aromatic heterocycles. The van der Waals surface area contributed by atoms with Crippen molar-refractivity contribution >= 4 is 27.7 Å². The van der Waals surface area contributed by atoms with Crippen molar-refractivity contribution in [2.24, 2.45) is 0 Å². The molecule has 0 aliphatic carbocycles.